The summed E-state index contributed by atoms with van der Waals surface area (Å²) in [5.41, 5.74) is 1.20. The second-order valence-electron chi connectivity index (χ2n) is 4.16. The van der Waals surface area contributed by atoms with Gasteiger partial charge in [-0.25, -0.2) is 0 Å². The summed E-state index contributed by atoms with van der Waals surface area (Å²) in [7, 11) is 0. The molecule has 2 bridgehead atoms. The maximum Gasteiger partial charge on any atom is 0.174 e. The maximum absolute atomic E-state index is 5.28. The molecule has 2 fully saturated rings. The summed E-state index contributed by atoms with van der Waals surface area (Å²) in [6.45, 7) is 3.82. The molecule has 4 heteroatoms. The lowest BCUT2D eigenvalue weighted by Crippen LogP contribution is -2.23. The zero-order valence-electron chi connectivity index (χ0n) is 8.56. The average Bonchev–Trinajstić information content (AvgIpc) is 2.93. The monoisotopic (exact) mass is 206 g/mol. The molecule has 3 rings (SSSR count). The highest BCUT2D eigenvalue weighted by Gasteiger charge is 2.35. The highest BCUT2D eigenvalue weighted by molar-refractivity contribution is 5.91. The Hall–Kier alpha value is -1.29. The van der Waals surface area contributed by atoms with Crippen molar-refractivity contribution in [2.24, 2.45) is 11.1 Å². The third-order valence-corrected chi connectivity index (χ3v) is 3.10. The lowest BCUT2D eigenvalue weighted by Gasteiger charge is -2.12. The highest BCUT2D eigenvalue weighted by atomic mass is 16.6. The first-order valence-corrected chi connectivity index (χ1v) is 5.35. The Kier molecular flexibility index (Phi) is 2.21. The van der Waals surface area contributed by atoms with Gasteiger partial charge < -0.3 is 9.25 Å². The summed E-state index contributed by atoms with van der Waals surface area (Å²) in [4.78, 5) is 7.70. The van der Waals surface area contributed by atoms with E-state index in [4.69, 9.17) is 9.25 Å². The number of nitrogens with zero attached hydrogens (tertiary/aromatic N) is 2. The van der Waals surface area contributed by atoms with Crippen molar-refractivity contribution in [3.05, 3.63) is 24.2 Å². The first-order chi connectivity index (χ1) is 7.42. The van der Waals surface area contributed by atoms with E-state index in [0.717, 1.165) is 12.3 Å². The molecule has 2 unspecified atom stereocenters. The topological polar surface area (TPSA) is 38.0 Å². The molecule has 0 amide bonds. The van der Waals surface area contributed by atoms with E-state index in [2.05, 4.69) is 10.1 Å². The van der Waals surface area contributed by atoms with Crippen LogP contribution in [0.15, 0.2) is 28.0 Å². The first-order valence-electron chi connectivity index (χ1n) is 5.35. The Morgan fingerprint density at radius 3 is 3.27 bits per heavy atom. The van der Waals surface area contributed by atoms with E-state index in [-0.39, 0.29) is 0 Å². The molecule has 0 N–H and O–H groups in total. The van der Waals surface area contributed by atoms with Crippen LogP contribution in [0.3, 0.4) is 0 Å². The average molecular weight is 206 g/mol. The molecule has 0 saturated carbocycles. The lowest BCUT2D eigenvalue weighted by molar-refractivity contribution is 0.113. The molecule has 4 nitrogen and oxygen atoms in total. The van der Waals surface area contributed by atoms with Crippen molar-refractivity contribution in [1.82, 2.24) is 4.90 Å². The summed E-state index contributed by atoms with van der Waals surface area (Å²) in [6, 6.07) is 3.75. The van der Waals surface area contributed by atoms with Crippen molar-refractivity contribution in [3.63, 3.8) is 0 Å². The van der Waals surface area contributed by atoms with Crippen molar-refractivity contribution < 1.29 is 9.25 Å². The van der Waals surface area contributed by atoms with Gasteiger partial charge in [0.15, 0.2) is 6.61 Å². The van der Waals surface area contributed by atoms with Crippen LogP contribution in [0.25, 0.3) is 0 Å². The van der Waals surface area contributed by atoms with Crippen molar-refractivity contribution in [3.8, 4) is 0 Å². The molecule has 2 aliphatic heterocycles. The number of hydrogen-bond acceptors (Lipinski definition) is 4. The molecule has 2 aliphatic rings. The molecule has 80 valence electrons. The molecule has 0 spiro atoms. The summed E-state index contributed by atoms with van der Waals surface area (Å²) >= 11 is 0. The largest absolute Gasteiger partial charge is 0.466 e. The fraction of sp³-hybridized carbons (Fsp3) is 0.545. The summed E-state index contributed by atoms with van der Waals surface area (Å²) in [5, 5.41) is 4.20. The standard InChI is InChI=1S/C11H14N2O2/c1-2-10(14-5-1)8-15-12-11-7-13-4-3-9(11)6-13/h1-2,5,9H,3-4,6-8H2. The zero-order valence-corrected chi connectivity index (χ0v) is 8.56. The van der Waals surface area contributed by atoms with Gasteiger partial charge in [0.25, 0.3) is 0 Å². The Balaban J connectivity index is 1.55. The number of hydrogen-bond donors (Lipinski definition) is 0. The normalized spacial score (nSPS) is 31.3. The number of oxime groups is 1. The predicted molar refractivity (Wildman–Crippen MR) is 55.5 cm³/mol. The molecule has 2 saturated heterocycles. The van der Waals surface area contributed by atoms with E-state index < -0.39 is 0 Å². The van der Waals surface area contributed by atoms with Crippen LogP contribution in [0.5, 0.6) is 0 Å². The van der Waals surface area contributed by atoms with Crippen molar-refractivity contribution in [2.75, 3.05) is 19.6 Å². The fourth-order valence-corrected chi connectivity index (χ4v) is 2.28. The van der Waals surface area contributed by atoms with Crippen molar-refractivity contribution in [1.29, 1.82) is 0 Å². The minimum atomic E-state index is 0.434. The van der Waals surface area contributed by atoms with Crippen LogP contribution in [0, 0.1) is 5.92 Å². The molecule has 1 aromatic rings. The Morgan fingerprint density at radius 2 is 2.60 bits per heavy atom. The van der Waals surface area contributed by atoms with Gasteiger partial charge in [-0.1, -0.05) is 5.16 Å². The molecular formula is C11H14N2O2. The minimum absolute atomic E-state index is 0.434. The van der Waals surface area contributed by atoms with Crippen molar-refractivity contribution in [2.45, 2.75) is 13.0 Å². The predicted octanol–water partition coefficient (Wildman–Crippen LogP) is 1.49. The van der Waals surface area contributed by atoms with Crippen LogP contribution >= 0.6 is 0 Å². The van der Waals surface area contributed by atoms with Gasteiger partial charge >= 0.3 is 0 Å². The van der Waals surface area contributed by atoms with Gasteiger partial charge in [-0.3, -0.25) is 4.90 Å². The minimum Gasteiger partial charge on any atom is -0.466 e. The van der Waals surface area contributed by atoms with Crippen LogP contribution in [0.1, 0.15) is 12.2 Å². The Morgan fingerprint density at radius 1 is 1.60 bits per heavy atom. The van der Waals surface area contributed by atoms with Gasteiger partial charge in [-0.15, -0.1) is 0 Å². The summed E-state index contributed by atoms with van der Waals surface area (Å²) in [6.07, 6.45) is 2.89. The quantitative estimate of drug-likeness (QED) is 0.703. The number of furan rings is 1. The SMILES string of the molecule is c1coc(CON=C2CN3CCC2C3)c1. The van der Waals surface area contributed by atoms with Gasteiger partial charge in [0.2, 0.25) is 0 Å². The molecule has 0 aliphatic carbocycles. The van der Waals surface area contributed by atoms with Gasteiger partial charge in [-0.2, -0.15) is 0 Å². The van der Waals surface area contributed by atoms with Crippen LogP contribution in [0.2, 0.25) is 0 Å². The third-order valence-electron chi connectivity index (χ3n) is 3.10. The van der Waals surface area contributed by atoms with Crippen LogP contribution in [-0.2, 0) is 11.4 Å². The molecule has 3 heterocycles. The second kappa shape index (κ2) is 3.70. The molecule has 2 atom stereocenters. The van der Waals surface area contributed by atoms with E-state index in [1.807, 2.05) is 12.1 Å². The number of fused-ring (bicyclic) bond motifs is 2. The molecule has 15 heavy (non-hydrogen) atoms. The Bertz CT molecular complexity index is 359. The van der Waals surface area contributed by atoms with E-state index >= 15 is 0 Å². The van der Waals surface area contributed by atoms with Gasteiger partial charge in [-0.05, 0) is 25.1 Å². The van der Waals surface area contributed by atoms with Crippen LogP contribution in [0.4, 0.5) is 0 Å². The summed E-state index contributed by atoms with van der Waals surface area (Å²) < 4.78 is 5.16. The number of piperidine rings is 1. The lowest BCUT2D eigenvalue weighted by atomic mass is 10.0. The second-order valence-corrected chi connectivity index (χ2v) is 4.16. The fourth-order valence-electron chi connectivity index (χ4n) is 2.28. The third kappa shape index (κ3) is 1.77. The zero-order chi connectivity index (χ0) is 10.1. The maximum atomic E-state index is 5.28. The Labute approximate surface area is 88.5 Å². The molecule has 0 radical (unpaired) electrons. The number of rotatable bonds is 3. The van der Waals surface area contributed by atoms with Crippen molar-refractivity contribution >= 4 is 5.71 Å². The molecule has 0 aromatic carbocycles. The summed E-state index contributed by atoms with van der Waals surface area (Å²) in [5.74, 6) is 1.46. The van der Waals surface area contributed by atoms with E-state index in [1.54, 1.807) is 6.26 Å². The smallest absolute Gasteiger partial charge is 0.174 e. The molecule has 1 aromatic heterocycles. The van der Waals surface area contributed by atoms with Gasteiger partial charge in [0.1, 0.15) is 5.76 Å². The first kappa shape index (κ1) is 8.97. The molecular weight excluding hydrogens is 192 g/mol. The van der Waals surface area contributed by atoms with E-state index in [9.17, 15) is 0 Å². The van der Waals surface area contributed by atoms with E-state index in [1.165, 1.54) is 25.2 Å². The van der Waals surface area contributed by atoms with Crippen LogP contribution in [-0.4, -0.2) is 30.2 Å². The van der Waals surface area contributed by atoms with E-state index in [0.29, 0.717) is 12.5 Å². The van der Waals surface area contributed by atoms with Gasteiger partial charge in [0, 0.05) is 19.0 Å². The van der Waals surface area contributed by atoms with Gasteiger partial charge in [0.05, 0.1) is 12.0 Å². The highest BCUT2D eigenvalue weighted by Crippen LogP contribution is 2.25. The van der Waals surface area contributed by atoms with Crippen LogP contribution < -0.4 is 0 Å².